The van der Waals surface area contributed by atoms with Crippen LogP contribution in [-0.4, -0.2) is 32.3 Å². The van der Waals surface area contributed by atoms with Crippen molar-refractivity contribution < 1.29 is 14.3 Å². The van der Waals surface area contributed by atoms with Gasteiger partial charge in [-0.05, 0) is 30.7 Å². The number of hydrogen-bond acceptors (Lipinski definition) is 4. The van der Waals surface area contributed by atoms with E-state index in [1.54, 1.807) is 0 Å². The van der Waals surface area contributed by atoms with Gasteiger partial charge in [-0.3, -0.25) is 4.79 Å². The van der Waals surface area contributed by atoms with Crippen LogP contribution < -0.4 is 20.1 Å². The molecular weight excluding hydrogens is 256 g/mol. The molecule has 3 rings (SSSR count). The van der Waals surface area contributed by atoms with Gasteiger partial charge in [0.2, 0.25) is 12.7 Å². The average molecular weight is 274 g/mol. The van der Waals surface area contributed by atoms with Crippen molar-refractivity contribution in [2.45, 2.75) is 12.8 Å². The number of hydrogen-bond donors (Lipinski definition) is 2. The summed E-state index contributed by atoms with van der Waals surface area (Å²) in [7, 11) is 0. The van der Waals surface area contributed by atoms with Crippen LogP contribution in [0.3, 0.4) is 0 Å². The second-order valence-electron chi connectivity index (χ2n) is 4.96. The first-order valence-corrected chi connectivity index (χ1v) is 6.85. The summed E-state index contributed by atoms with van der Waals surface area (Å²) in [4.78, 5) is 11.9. The summed E-state index contributed by atoms with van der Waals surface area (Å²) in [5.74, 6) is 1.49. The molecule has 0 atom stereocenters. The molecule has 0 saturated carbocycles. The average Bonchev–Trinajstić information content (AvgIpc) is 2.94. The predicted molar refractivity (Wildman–Crippen MR) is 74.8 cm³/mol. The number of benzene rings is 1. The zero-order valence-electron chi connectivity index (χ0n) is 11.3. The highest BCUT2D eigenvalue weighted by molar-refractivity contribution is 5.79. The molecule has 0 aliphatic carbocycles. The van der Waals surface area contributed by atoms with Gasteiger partial charge in [-0.15, -0.1) is 0 Å². The van der Waals surface area contributed by atoms with Crippen molar-refractivity contribution in [3.05, 3.63) is 35.4 Å². The van der Waals surface area contributed by atoms with E-state index < -0.39 is 0 Å². The molecular formula is C15H18N2O3. The lowest BCUT2D eigenvalue weighted by molar-refractivity contribution is -0.120. The highest BCUT2D eigenvalue weighted by atomic mass is 16.7. The Bertz CT molecular complexity index is 540. The number of nitrogens with one attached hydrogen (secondary N) is 2. The molecule has 0 fully saturated rings. The Kier molecular flexibility index (Phi) is 3.87. The van der Waals surface area contributed by atoms with Gasteiger partial charge in [0.1, 0.15) is 0 Å². The van der Waals surface area contributed by atoms with Crippen molar-refractivity contribution in [3.63, 3.8) is 0 Å². The Morgan fingerprint density at radius 3 is 3.05 bits per heavy atom. The SMILES string of the molecule is O=C(Cc1ccc2c(c1)OCO2)NCC1=CCNCC1. The summed E-state index contributed by atoms with van der Waals surface area (Å²) >= 11 is 0. The summed E-state index contributed by atoms with van der Waals surface area (Å²) in [5.41, 5.74) is 2.23. The monoisotopic (exact) mass is 274 g/mol. The van der Waals surface area contributed by atoms with E-state index in [1.807, 2.05) is 18.2 Å². The molecule has 0 radical (unpaired) electrons. The molecule has 2 aliphatic rings. The fourth-order valence-corrected chi connectivity index (χ4v) is 2.34. The third kappa shape index (κ3) is 3.11. The summed E-state index contributed by atoms with van der Waals surface area (Å²) in [6, 6.07) is 5.61. The van der Waals surface area contributed by atoms with Crippen molar-refractivity contribution >= 4 is 5.91 Å². The molecule has 20 heavy (non-hydrogen) atoms. The largest absolute Gasteiger partial charge is 0.454 e. The van der Waals surface area contributed by atoms with Crippen LogP contribution in [0.25, 0.3) is 0 Å². The standard InChI is InChI=1S/C15H18N2O3/c18-15(17-9-11-3-5-16-6-4-11)8-12-1-2-13-14(7-12)20-10-19-13/h1-3,7,16H,4-6,8-10H2,(H,17,18). The zero-order valence-corrected chi connectivity index (χ0v) is 11.3. The van der Waals surface area contributed by atoms with Gasteiger partial charge in [0.15, 0.2) is 11.5 Å². The van der Waals surface area contributed by atoms with Crippen LogP contribution in [0.5, 0.6) is 11.5 Å². The molecule has 0 bridgehead atoms. The van der Waals surface area contributed by atoms with Gasteiger partial charge in [-0.25, -0.2) is 0 Å². The lowest BCUT2D eigenvalue weighted by atomic mass is 10.1. The molecule has 2 heterocycles. The van der Waals surface area contributed by atoms with Crippen molar-refractivity contribution in [1.82, 2.24) is 10.6 Å². The fourth-order valence-electron chi connectivity index (χ4n) is 2.34. The molecule has 0 unspecified atom stereocenters. The minimum atomic E-state index is 0.0308. The molecule has 1 aromatic rings. The second-order valence-corrected chi connectivity index (χ2v) is 4.96. The summed E-state index contributed by atoms with van der Waals surface area (Å²) < 4.78 is 10.6. The van der Waals surface area contributed by atoms with Crippen molar-refractivity contribution in [2.24, 2.45) is 0 Å². The van der Waals surface area contributed by atoms with E-state index in [1.165, 1.54) is 5.57 Å². The lowest BCUT2D eigenvalue weighted by Gasteiger charge is -2.14. The highest BCUT2D eigenvalue weighted by Crippen LogP contribution is 2.32. The minimum Gasteiger partial charge on any atom is -0.454 e. The first-order chi connectivity index (χ1) is 9.81. The van der Waals surface area contributed by atoms with Crippen LogP contribution in [0, 0.1) is 0 Å². The Morgan fingerprint density at radius 1 is 1.30 bits per heavy atom. The van der Waals surface area contributed by atoms with Crippen LogP contribution in [0.2, 0.25) is 0 Å². The van der Waals surface area contributed by atoms with Crippen LogP contribution >= 0.6 is 0 Å². The lowest BCUT2D eigenvalue weighted by Crippen LogP contribution is -2.30. The Balaban J connectivity index is 1.52. The van der Waals surface area contributed by atoms with Crippen molar-refractivity contribution in [2.75, 3.05) is 26.4 Å². The maximum Gasteiger partial charge on any atom is 0.231 e. The van der Waals surface area contributed by atoms with E-state index in [0.717, 1.165) is 36.6 Å². The smallest absolute Gasteiger partial charge is 0.231 e. The normalized spacial score (nSPS) is 16.7. The maximum absolute atomic E-state index is 11.9. The Hall–Kier alpha value is -2.01. The second kappa shape index (κ2) is 5.96. The van der Waals surface area contributed by atoms with Gasteiger partial charge in [0, 0.05) is 13.1 Å². The van der Waals surface area contributed by atoms with Crippen LogP contribution in [0.4, 0.5) is 0 Å². The molecule has 2 aliphatic heterocycles. The number of fused-ring (bicyclic) bond motifs is 1. The Morgan fingerprint density at radius 2 is 2.20 bits per heavy atom. The van der Waals surface area contributed by atoms with Crippen molar-refractivity contribution in [1.29, 1.82) is 0 Å². The molecule has 2 N–H and O–H groups in total. The number of ether oxygens (including phenoxy) is 2. The van der Waals surface area contributed by atoms with E-state index in [0.29, 0.717) is 13.0 Å². The third-order valence-electron chi connectivity index (χ3n) is 3.47. The van der Waals surface area contributed by atoms with Crippen LogP contribution in [-0.2, 0) is 11.2 Å². The van der Waals surface area contributed by atoms with Gasteiger partial charge in [0.05, 0.1) is 6.42 Å². The van der Waals surface area contributed by atoms with Crippen LogP contribution in [0.15, 0.2) is 29.8 Å². The highest BCUT2D eigenvalue weighted by Gasteiger charge is 2.14. The van der Waals surface area contributed by atoms with Gasteiger partial charge >= 0.3 is 0 Å². The molecule has 5 heteroatoms. The van der Waals surface area contributed by atoms with E-state index in [9.17, 15) is 4.79 Å². The quantitative estimate of drug-likeness (QED) is 0.804. The first-order valence-electron chi connectivity index (χ1n) is 6.85. The number of carbonyl (C=O) groups is 1. The predicted octanol–water partition coefficient (Wildman–Crippen LogP) is 0.994. The topological polar surface area (TPSA) is 59.6 Å². The van der Waals surface area contributed by atoms with E-state index in [4.69, 9.17) is 9.47 Å². The molecule has 0 saturated heterocycles. The van der Waals surface area contributed by atoms with Gasteiger partial charge < -0.3 is 20.1 Å². The molecule has 106 valence electrons. The van der Waals surface area contributed by atoms with Gasteiger partial charge in [0.25, 0.3) is 0 Å². The summed E-state index contributed by atoms with van der Waals surface area (Å²) in [6.07, 6.45) is 3.51. The zero-order chi connectivity index (χ0) is 13.8. The van der Waals surface area contributed by atoms with E-state index in [2.05, 4.69) is 16.7 Å². The number of carbonyl (C=O) groups excluding carboxylic acids is 1. The van der Waals surface area contributed by atoms with Gasteiger partial charge in [-0.2, -0.15) is 0 Å². The third-order valence-corrected chi connectivity index (χ3v) is 3.47. The minimum absolute atomic E-state index is 0.0308. The Labute approximate surface area is 118 Å². The summed E-state index contributed by atoms with van der Waals surface area (Å²) in [5, 5.41) is 6.21. The maximum atomic E-state index is 11.9. The first kappa shape index (κ1) is 13.0. The molecule has 5 nitrogen and oxygen atoms in total. The molecule has 0 spiro atoms. The number of amides is 1. The number of rotatable bonds is 4. The molecule has 0 aromatic heterocycles. The van der Waals surface area contributed by atoms with Crippen LogP contribution in [0.1, 0.15) is 12.0 Å². The van der Waals surface area contributed by atoms with E-state index >= 15 is 0 Å². The molecule has 1 amide bonds. The fraction of sp³-hybridized carbons (Fsp3) is 0.400. The van der Waals surface area contributed by atoms with Crippen molar-refractivity contribution in [3.8, 4) is 11.5 Å². The van der Waals surface area contributed by atoms with Gasteiger partial charge in [-0.1, -0.05) is 17.7 Å². The molecule has 1 aromatic carbocycles. The van der Waals surface area contributed by atoms with E-state index in [-0.39, 0.29) is 12.7 Å². The summed E-state index contributed by atoms with van der Waals surface area (Å²) in [6.45, 7) is 2.79.